The van der Waals surface area contributed by atoms with Crippen LogP contribution in [0.25, 0.3) is 5.82 Å². The van der Waals surface area contributed by atoms with Gasteiger partial charge in [-0.1, -0.05) is 18.2 Å². The molecule has 1 aliphatic rings. The summed E-state index contributed by atoms with van der Waals surface area (Å²) < 4.78 is 15.1. The number of halogens is 1. The molecule has 138 valence electrons. The van der Waals surface area contributed by atoms with Crippen molar-refractivity contribution in [3.05, 3.63) is 76.4 Å². The fraction of sp³-hybridized carbons (Fsp3) is 0.263. The van der Waals surface area contributed by atoms with E-state index in [0.29, 0.717) is 37.6 Å². The molecule has 0 saturated carbocycles. The van der Waals surface area contributed by atoms with Crippen LogP contribution in [0, 0.1) is 5.82 Å². The number of carbonyl (C=O) groups is 1. The van der Waals surface area contributed by atoms with Gasteiger partial charge >= 0.3 is 5.69 Å². The van der Waals surface area contributed by atoms with Crippen LogP contribution in [0.4, 0.5) is 4.39 Å². The number of nitrogens with zero attached hydrogens (tertiary/aromatic N) is 4. The zero-order valence-electron chi connectivity index (χ0n) is 14.5. The lowest BCUT2D eigenvalue weighted by atomic mass is 9.95. The molecule has 0 atom stereocenters. The second-order valence-electron chi connectivity index (χ2n) is 6.46. The number of rotatable bonds is 3. The Balaban J connectivity index is 1.46. The third kappa shape index (κ3) is 3.38. The summed E-state index contributed by atoms with van der Waals surface area (Å²) in [5.74, 6) is 0.259. The van der Waals surface area contributed by atoms with Crippen LogP contribution in [0.1, 0.15) is 34.9 Å². The summed E-state index contributed by atoms with van der Waals surface area (Å²) in [6.07, 6.45) is 2.90. The van der Waals surface area contributed by atoms with Gasteiger partial charge in [0, 0.05) is 25.2 Å². The van der Waals surface area contributed by atoms with E-state index in [4.69, 9.17) is 0 Å². The van der Waals surface area contributed by atoms with Crippen molar-refractivity contribution >= 4 is 5.91 Å². The normalized spacial score (nSPS) is 15.1. The van der Waals surface area contributed by atoms with Gasteiger partial charge < -0.3 is 4.90 Å². The summed E-state index contributed by atoms with van der Waals surface area (Å²) in [6, 6.07) is 11.3. The minimum absolute atomic E-state index is 0.0346. The Kier molecular flexibility index (Phi) is 4.53. The Labute approximate surface area is 154 Å². The molecule has 0 aliphatic carbocycles. The highest BCUT2D eigenvalue weighted by Gasteiger charge is 2.28. The Morgan fingerprint density at radius 1 is 1.11 bits per heavy atom. The minimum atomic E-state index is -0.511. The predicted molar refractivity (Wildman–Crippen MR) is 96.3 cm³/mol. The van der Waals surface area contributed by atoms with Crippen molar-refractivity contribution in [1.29, 1.82) is 0 Å². The molecular weight excluding hydrogens is 349 g/mol. The highest BCUT2D eigenvalue weighted by Crippen LogP contribution is 2.26. The monoisotopic (exact) mass is 367 g/mol. The highest BCUT2D eigenvalue weighted by molar-refractivity contribution is 5.94. The first kappa shape index (κ1) is 17.1. The van der Waals surface area contributed by atoms with Crippen molar-refractivity contribution in [2.75, 3.05) is 13.1 Å². The lowest BCUT2D eigenvalue weighted by Gasteiger charge is -2.31. The van der Waals surface area contributed by atoms with E-state index in [0.717, 1.165) is 0 Å². The van der Waals surface area contributed by atoms with Gasteiger partial charge in [0.25, 0.3) is 5.91 Å². The lowest BCUT2D eigenvalue weighted by molar-refractivity contribution is 0.0706. The molecule has 1 aliphatic heterocycles. The second kappa shape index (κ2) is 7.14. The molecule has 27 heavy (non-hydrogen) atoms. The van der Waals surface area contributed by atoms with Crippen LogP contribution in [0.15, 0.2) is 53.5 Å². The van der Waals surface area contributed by atoms with Crippen LogP contribution in [0.3, 0.4) is 0 Å². The molecule has 1 amide bonds. The first-order valence-corrected chi connectivity index (χ1v) is 8.78. The van der Waals surface area contributed by atoms with Gasteiger partial charge in [-0.25, -0.2) is 14.2 Å². The SMILES string of the molecule is O=C(c1ccccc1F)N1CCC(c2nn(-c3ccccn3)c(=O)[nH]2)CC1. The van der Waals surface area contributed by atoms with Crippen molar-refractivity contribution in [3.63, 3.8) is 0 Å². The zero-order valence-corrected chi connectivity index (χ0v) is 14.5. The Hall–Kier alpha value is -3.29. The molecule has 2 aromatic heterocycles. The van der Waals surface area contributed by atoms with Crippen molar-refractivity contribution in [1.82, 2.24) is 24.6 Å². The number of pyridine rings is 1. The van der Waals surface area contributed by atoms with Gasteiger partial charge in [-0.05, 0) is 37.1 Å². The molecule has 1 fully saturated rings. The number of carbonyl (C=O) groups excluding carboxylic acids is 1. The molecule has 1 saturated heterocycles. The average molecular weight is 367 g/mol. The van der Waals surface area contributed by atoms with Gasteiger partial charge in [-0.15, -0.1) is 5.10 Å². The maximum atomic E-state index is 13.8. The molecule has 0 unspecified atom stereocenters. The average Bonchev–Trinajstić information content (AvgIpc) is 3.10. The Bertz CT molecular complexity index is 1010. The van der Waals surface area contributed by atoms with Gasteiger partial charge in [-0.2, -0.15) is 4.68 Å². The highest BCUT2D eigenvalue weighted by atomic mass is 19.1. The quantitative estimate of drug-likeness (QED) is 0.769. The zero-order chi connectivity index (χ0) is 18.8. The van der Waals surface area contributed by atoms with Gasteiger partial charge in [0.15, 0.2) is 5.82 Å². The molecule has 1 aromatic carbocycles. The molecular formula is C19H18FN5O2. The van der Waals surface area contributed by atoms with E-state index in [1.165, 1.54) is 16.8 Å². The smallest absolute Gasteiger partial charge is 0.339 e. The number of nitrogens with one attached hydrogen (secondary N) is 1. The molecule has 3 aromatic rings. The van der Waals surface area contributed by atoms with E-state index < -0.39 is 5.82 Å². The number of likely N-dealkylation sites (tertiary alicyclic amines) is 1. The van der Waals surface area contributed by atoms with E-state index in [1.54, 1.807) is 41.4 Å². The topological polar surface area (TPSA) is 83.9 Å². The van der Waals surface area contributed by atoms with E-state index >= 15 is 0 Å². The maximum absolute atomic E-state index is 13.8. The van der Waals surface area contributed by atoms with Gasteiger partial charge in [-0.3, -0.25) is 9.78 Å². The summed E-state index contributed by atoms with van der Waals surface area (Å²) in [6.45, 7) is 0.965. The number of piperidine rings is 1. The summed E-state index contributed by atoms with van der Waals surface area (Å²) >= 11 is 0. The molecule has 0 bridgehead atoms. The summed E-state index contributed by atoms with van der Waals surface area (Å²) in [7, 11) is 0. The number of amides is 1. The van der Waals surface area contributed by atoms with Crippen molar-refractivity contribution < 1.29 is 9.18 Å². The summed E-state index contributed by atoms with van der Waals surface area (Å²) in [5.41, 5.74) is -0.252. The van der Waals surface area contributed by atoms with Gasteiger partial charge in [0.05, 0.1) is 5.56 Å². The Morgan fingerprint density at radius 3 is 2.56 bits per heavy atom. The van der Waals surface area contributed by atoms with E-state index in [9.17, 15) is 14.0 Å². The molecule has 0 radical (unpaired) electrons. The molecule has 7 nitrogen and oxygen atoms in total. The fourth-order valence-corrected chi connectivity index (χ4v) is 3.32. The van der Waals surface area contributed by atoms with E-state index in [-0.39, 0.29) is 23.1 Å². The number of benzene rings is 1. The van der Waals surface area contributed by atoms with Gasteiger partial charge in [0.2, 0.25) is 0 Å². The second-order valence-corrected chi connectivity index (χ2v) is 6.46. The maximum Gasteiger partial charge on any atom is 0.349 e. The van der Waals surface area contributed by atoms with Crippen LogP contribution >= 0.6 is 0 Å². The van der Waals surface area contributed by atoms with Crippen molar-refractivity contribution in [3.8, 4) is 5.82 Å². The first-order chi connectivity index (χ1) is 13.1. The minimum Gasteiger partial charge on any atom is -0.339 e. The standard InChI is InChI=1S/C19H18FN5O2/c20-15-6-2-1-5-14(15)18(26)24-11-8-13(9-12-24)17-22-19(27)25(23-17)16-7-3-4-10-21-16/h1-7,10,13H,8-9,11-12H2,(H,22,23,27). The summed E-state index contributed by atoms with van der Waals surface area (Å²) in [5, 5.41) is 4.37. The van der Waals surface area contributed by atoms with Gasteiger partial charge in [0.1, 0.15) is 11.6 Å². The molecule has 1 N–H and O–H groups in total. The van der Waals surface area contributed by atoms with Crippen LogP contribution in [0.2, 0.25) is 0 Å². The van der Waals surface area contributed by atoms with Crippen LogP contribution in [-0.4, -0.2) is 43.6 Å². The number of aromatic amines is 1. The van der Waals surface area contributed by atoms with E-state index in [1.807, 2.05) is 0 Å². The lowest BCUT2D eigenvalue weighted by Crippen LogP contribution is -2.38. The third-order valence-electron chi connectivity index (χ3n) is 4.77. The molecule has 3 heterocycles. The summed E-state index contributed by atoms with van der Waals surface area (Å²) in [4.78, 5) is 33.3. The third-order valence-corrected chi connectivity index (χ3v) is 4.77. The largest absolute Gasteiger partial charge is 0.349 e. The van der Waals surface area contributed by atoms with Crippen molar-refractivity contribution in [2.45, 2.75) is 18.8 Å². The Morgan fingerprint density at radius 2 is 1.85 bits per heavy atom. The predicted octanol–water partition coefficient (Wildman–Crippen LogP) is 2.11. The van der Waals surface area contributed by atoms with E-state index in [2.05, 4.69) is 15.1 Å². The molecule has 0 spiro atoms. The van der Waals surface area contributed by atoms with Crippen LogP contribution in [0.5, 0.6) is 0 Å². The number of hydrogen-bond donors (Lipinski definition) is 1. The number of aromatic nitrogens is 4. The molecule has 8 heteroatoms. The molecule has 4 rings (SSSR count). The van der Waals surface area contributed by atoms with Crippen LogP contribution in [-0.2, 0) is 0 Å². The number of hydrogen-bond acceptors (Lipinski definition) is 4. The number of H-pyrrole nitrogens is 1. The van der Waals surface area contributed by atoms with Crippen LogP contribution < -0.4 is 5.69 Å². The van der Waals surface area contributed by atoms with Crippen molar-refractivity contribution in [2.24, 2.45) is 0 Å². The first-order valence-electron chi connectivity index (χ1n) is 8.78. The fourth-order valence-electron chi connectivity index (χ4n) is 3.32.